The lowest BCUT2D eigenvalue weighted by atomic mass is 9.90. The number of nitrogens with two attached hydrogens (primary N) is 1. The third-order valence-electron chi connectivity index (χ3n) is 7.01. The van der Waals surface area contributed by atoms with Gasteiger partial charge >= 0.3 is 0 Å². The maximum atomic E-state index is 13.7. The summed E-state index contributed by atoms with van der Waals surface area (Å²) >= 11 is 6.08. The first-order valence-electron chi connectivity index (χ1n) is 12.4. The molecule has 0 unspecified atom stereocenters. The molecule has 1 saturated heterocycles. The zero-order chi connectivity index (χ0) is 25.4. The molecule has 6 nitrogen and oxygen atoms in total. The minimum absolute atomic E-state index is 0.306. The molecule has 0 atom stereocenters. The molecular weight excluding hydrogens is 487 g/mol. The van der Waals surface area contributed by atoms with Gasteiger partial charge in [0.2, 0.25) is 5.95 Å². The van der Waals surface area contributed by atoms with Gasteiger partial charge in [-0.3, -0.25) is 0 Å². The maximum absolute atomic E-state index is 13.7. The average Bonchev–Trinajstić information content (AvgIpc) is 3.26. The van der Waals surface area contributed by atoms with E-state index in [9.17, 15) is 4.39 Å². The Morgan fingerprint density at radius 3 is 2.30 bits per heavy atom. The van der Waals surface area contributed by atoms with Crippen molar-refractivity contribution in [1.29, 1.82) is 0 Å². The van der Waals surface area contributed by atoms with Crippen molar-refractivity contribution in [1.82, 2.24) is 19.7 Å². The molecule has 2 N–H and O–H groups in total. The number of piperidine rings is 1. The summed E-state index contributed by atoms with van der Waals surface area (Å²) < 4.78 is 15.4. The number of rotatable bonds is 5. The molecule has 0 radical (unpaired) electrons. The molecule has 1 fully saturated rings. The molecule has 0 amide bonds. The fourth-order valence-electron chi connectivity index (χ4n) is 5.02. The molecule has 37 heavy (non-hydrogen) atoms. The number of hydrogen-bond donors (Lipinski definition) is 1. The van der Waals surface area contributed by atoms with Crippen LogP contribution in [0.25, 0.3) is 28.0 Å². The van der Waals surface area contributed by atoms with Crippen molar-refractivity contribution in [3.8, 4) is 16.9 Å². The van der Waals surface area contributed by atoms with E-state index in [-0.39, 0.29) is 5.82 Å². The van der Waals surface area contributed by atoms with Gasteiger partial charge in [-0.25, -0.2) is 14.1 Å². The van der Waals surface area contributed by atoms with Crippen molar-refractivity contribution in [2.45, 2.75) is 19.3 Å². The Morgan fingerprint density at radius 1 is 0.892 bits per heavy atom. The molecule has 6 rings (SSSR count). The van der Waals surface area contributed by atoms with Crippen molar-refractivity contribution in [2.75, 3.05) is 23.7 Å². The molecule has 5 aromatic rings. The van der Waals surface area contributed by atoms with Crippen molar-refractivity contribution in [3.05, 3.63) is 95.3 Å². The van der Waals surface area contributed by atoms with Gasteiger partial charge in [-0.2, -0.15) is 4.98 Å². The van der Waals surface area contributed by atoms with Crippen LogP contribution >= 0.6 is 11.6 Å². The highest BCUT2D eigenvalue weighted by Gasteiger charge is 2.25. The highest BCUT2D eigenvalue weighted by Crippen LogP contribution is 2.34. The van der Waals surface area contributed by atoms with Gasteiger partial charge in [0.15, 0.2) is 5.65 Å². The van der Waals surface area contributed by atoms with Crippen LogP contribution in [0.4, 0.5) is 16.2 Å². The monoisotopic (exact) mass is 512 g/mol. The van der Waals surface area contributed by atoms with Crippen LogP contribution in [0.1, 0.15) is 18.4 Å². The van der Waals surface area contributed by atoms with E-state index in [1.165, 1.54) is 17.7 Å². The summed E-state index contributed by atoms with van der Waals surface area (Å²) in [6.07, 6.45) is 3.20. The fraction of sp³-hybridized carbons (Fsp3) is 0.207. The van der Waals surface area contributed by atoms with Crippen LogP contribution in [0, 0.1) is 11.7 Å². The van der Waals surface area contributed by atoms with Gasteiger partial charge in [-0.05, 0) is 79.3 Å². The quantitative estimate of drug-likeness (QED) is 0.298. The second-order valence-corrected chi connectivity index (χ2v) is 9.91. The Kier molecular flexibility index (Phi) is 6.22. The van der Waals surface area contributed by atoms with Crippen molar-refractivity contribution < 1.29 is 4.39 Å². The van der Waals surface area contributed by atoms with E-state index in [0.29, 0.717) is 39.4 Å². The fourth-order valence-corrected chi connectivity index (χ4v) is 5.15. The highest BCUT2D eigenvalue weighted by atomic mass is 35.5. The molecule has 0 bridgehead atoms. The van der Waals surface area contributed by atoms with Crippen LogP contribution in [-0.4, -0.2) is 32.8 Å². The molecule has 3 aromatic carbocycles. The van der Waals surface area contributed by atoms with Gasteiger partial charge in [-0.15, -0.1) is 5.10 Å². The largest absolute Gasteiger partial charge is 0.383 e. The first-order valence-corrected chi connectivity index (χ1v) is 12.8. The summed E-state index contributed by atoms with van der Waals surface area (Å²) in [6.45, 7) is 1.72. The zero-order valence-corrected chi connectivity index (χ0v) is 20.9. The third-order valence-corrected chi connectivity index (χ3v) is 7.26. The predicted molar refractivity (Wildman–Crippen MR) is 147 cm³/mol. The molecule has 186 valence electrons. The van der Waals surface area contributed by atoms with Gasteiger partial charge < -0.3 is 10.6 Å². The average molecular weight is 513 g/mol. The van der Waals surface area contributed by atoms with Gasteiger partial charge in [0.25, 0.3) is 0 Å². The molecular formula is C29H26ClFN6. The van der Waals surface area contributed by atoms with E-state index in [1.54, 1.807) is 28.9 Å². The maximum Gasteiger partial charge on any atom is 0.228 e. The number of fused-ring (bicyclic) bond motifs is 1. The van der Waals surface area contributed by atoms with Crippen molar-refractivity contribution in [3.63, 3.8) is 0 Å². The Labute approximate surface area is 219 Å². The molecule has 3 heterocycles. The number of nitrogen functional groups attached to an aromatic ring is 1. The van der Waals surface area contributed by atoms with Crippen molar-refractivity contribution >= 4 is 34.4 Å². The second kappa shape index (κ2) is 9.82. The standard InChI is InChI=1S/C29H26ClFN6/c30-22-8-12-24(13-9-22)37-27(32)25-26(21-6-10-23(31)11-7-21)33-29(34-28(25)35-37)36-16-14-20(15-17-36)18-19-4-2-1-3-5-19/h1-13,20H,14-18,32H2. The van der Waals surface area contributed by atoms with E-state index in [4.69, 9.17) is 32.4 Å². The SMILES string of the molecule is Nc1c2c(-c3ccc(F)cc3)nc(N3CCC(Cc4ccccc4)CC3)nc2nn1-c1ccc(Cl)cc1. The van der Waals surface area contributed by atoms with Gasteiger partial charge in [0.05, 0.1) is 16.8 Å². The predicted octanol–water partition coefficient (Wildman–Crippen LogP) is 6.32. The second-order valence-electron chi connectivity index (χ2n) is 9.47. The van der Waals surface area contributed by atoms with E-state index in [0.717, 1.165) is 43.6 Å². The Morgan fingerprint density at radius 2 is 1.59 bits per heavy atom. The highest BCUT2D eigenvalue weighted by molar-refractivity contribution is 6.30. The summed E-state index contributed by atoms with van der Waals surface area (Å²) in [6, 6.07) is 24.2. The van der Waals surface area contributed by atoms with E-state index in [1.807, 2.05) is 12.1 Å². The van der Waals surface area contributed by atoms with Crippen LogP contribution in [-0.2, 0) is 6.42 Å². The van der Waals surface area contributed by atoms with E-state index in [2.05, 4.69) is 35.2 Å². The third kappa shape index (κ3) is 4.74. The summed E-state index contributed by atoms with van der Waals surface area (Å²) in [5.41, 5.74) is 10.7. The molecule has 1 aliphatic rings. The topological polar surface area (TPSA) is 72.9 Å². The lowest BCUT2D eigenvalue weighted by Crippen LogP contribution is -2.35. The Balaban J connectivity index is 1.36. The van der Waals surface area contributed by atoms with E-state index >= 15 is 0 Å². The molecule has 2 aromatic heterocycles. The summed E-state index contributed by atoms with van der Waals surface area (Å²) in [4.78, 5) is 12.0. The van der Waals surface area contributed by atoms with Crippen molar-refractivity contribution in [2.24, 2.45) is 5.92 Å². The van der Waals surface area contributed by atoms with Gasteiger partial charge in [0.1, 0.15) is 11.6 Å². The molecule has 8 heteroatoms. The molecule has 0 spiro atoms. The number of benzene rings is 3. The van der Waals surface area contributed by atoms with Crippen LogP contribution in [0.5, 0.6) is 0 Å². The Bertz CT molecular complexity index is 1530. The molecule has 0 aliphatic carbocycles. The molecule has 1 aliphatic heterocycles. The zero-order valence-electron chi connectivity index (χ0n) is 20.2. The minimum Gasteiger partial charge on any atom is -0.383 e. The first-order chi connectivity index (χ1) is 18.0. The smallest absolute Gasteiger partial charge is 0.228 e. The van der Waals surface area contributed by atoms with Gasteiger partial charge in [0, 0.05) is 23.7 Å². The summed E-state index contributed by atoms with van der Waals surface area (Å²) in [7, 11) is 0. The van der Waals surface area contributed by atoms with Gasteiger partial charge in [-0.1, -0.05) is 41.9 Å². The number of halogens is 2. The number of hydrogen-bond acceptors (Lipinski definition) is 5. The lowest BCUT2D eigenvalue weighted by Gasteiger charge is -2.32. The van der Waals surface area contributed by atoms with Crippen LogP contribution < -0.4 is 10.6 Å². The number of aromatic nitrogens is 4. The normalized spacial score (nSPS) is 14.4. The van der Waals surface area contributed by atoms with E-state index < -0.39 is 0 Å². The number of anilines is 2. The van der Waals surface area contributed by atoms with Crippen LogP contribution in [0.2, 0.25) is 5.02 Å². The number of nitrogens with zero attached hydrogens (tertiary/aromatic N) is 5. The summed E-state index contributed by atoms with van der Waals surface area (Å²) in [5, 5.41) is 6.01. The molecule has 0 saturated carbocycles. The lowest BCUT2D eigenvalue weighted by molar-refractivity contribution is 0.401. The summed E-state index contributed by atoms with van der Waals surface area (Å²) in [5.74, 6) is 1.36. The Hall–Kier alpha value is -3.97. The minimum atomic E-state index is -0.306. The van der Waals surface area contributed by atoms with Crippen LogP contribution in [0.15, 0.2) is 78.9 Å². The van der Waals surface area contributed by atoms with Crippen LogP contribution in [0.3, 0.4) is 0 Å². The first kappa shape index (κ1) is 23.4.